The van der Waals surface area contributed by atoms with Crippen LogP contribution in [-0.2, 0) is 11.3 Å². The highest BCUT2D eigenvalue weighted by molar-refractivity contribution is 5.91. The van der Waals surface area contributed by atoms with E-state index in [0.29, 0.717) is 5.56 Å². The zero-order valence-corrected chi connectivity index (χ0v) is 14.1. The molecule has 0 aliphatic carbocycles. The van der Waals surface area contributed by atoms with Crippen LogP contribution in [-0.4, -0.2) is 10.9 Å². The standard InChI is InChI=1S/C20H20N2O2/c1-13-8-9-18(10-14(13)2)22(15(3)23)12-17-11-16-6-4-5-7-19(16)21-20(17)24/h4-11H,12H2,1-3H3,(H,21,24). The molecule has 24 heavy (non-hydrogen) atoms. The van der Waals surface area contributed by atoms with Crippen molar-refractivity contribution < 1.29 is 4.79 Å². The van der Waals surface area contributed by atoms with Crippen molar-refractivity contribution in [1.82, 2.24) is 4.98 Å². The summed E-state index contributed by atoms with van der Waals surface area (Å²) in [7, 11) is 0. The maximum atomic E-state index is 12.4. The van der Waals surface area contributed by atoms with E-state index in [1.165, 1.54) is 12.5 Å². The third-order valence-corrected chi connectivity index (χ3v) is 4.34. The molecule has 0 atom stereocenters. The van der Waals surface area contributed by atoms with E-state index in [4.69, 9.17) is 0 Å². The van der Waals surface area contributed by atoms with Crippen molar-refractivity contribution in [3.63, 3.8) is 0 Å². The van der Waals surface area contributed by atoms with Crippen LogP contribution in [0.3, 0.4) is 0 Å². The number of para-hydroxylation sites is 1. The van der Waals surface area contributed by atoms with Crippen molar-refractivity contribution in [1.29, 1.82) is 0 Å². The van der Waals surface area contributed by atoms with E-state index in [1.54, 1.807) is 4.90 Å². The van der Waals surface area contributed by atoms with Crippen LogP contribution in [0.1, 0.15) is 23.6 Å². The Kier molecular flexibility index (Phi) is 4.21. The number of nitrogens with zero attached hydrogens (tertiary/aromatic N) is 1. The number of aromatic nitrogens is 1. The molecule has 2 aromatic carbocycles. The molecule has 1 heterocycles. The highest BCUT2D eigenvalue weighted by Crippen LogP contribution is 2.21. The molecule has 1 N–H and O–H groups in total. The summed E-state index contributed by atoms with van der Waals surface area (Å²) in [5, 5.41) is 0.954. The van der Waals surface area contributed by atoms with Gasteiger partial charge in [-0.2, -0.15) is 0 Å². The summed E-state index contributed by atoms with van der Waals surface area (Å²) in [6.07, 6.45) is 0. The zero-order chi connectivity index (χ0) is 17.3. The summed E-state index contributed by atoms with van der Waals surface area (Å²) in [6, 6.07) is 15.4. The van der Waals surface area contributed by atoms with Crippen LogP contribution in [0, 0.1) is 13.8 Å². The minimum absolute atomic E-state index is 0.0918. The molecule has 0 aliphatic heterocycles. The Morgan fingerprint density at radius 1 is 1.04 bits per heavy atom. The van der Waals surface area contributed by atoms with E-state index >= 15 is 0 Å². The Hall–Kier alpha value is -2.88. The highest BCUT2D eigenvalue weighted by Gasteiger charge is 2.15. The third-order valence-electron chi connectivity index (χ3n) is 4.34. The smallest absolute Gasteiger partial charge is 0.253 e. The van der Waals surface area contributed by atoms with Gasteiger partial charge < -0.3 is 9.88 Å². The number of hydrogen-bond donors (Lipinski definition) is 1. The normalized spacial score (nSPS) is 10.8. The van der Waals surface area contributed by atoms with Crippen molar-refractivity contribution in [2.24, 2.45) is 0 Å². The maximum absolute atomic E-state index is 12.4. The molecular weight excluding hydrogens is 300 g/mol. The lowest BCUT2D eigenvalue weighted by molar-refractivity contribution is -0.116. The van der Waals surface area contributed by atoms with E-state index in [-0.39, 0.29) is 18.0 Å². The molecule has 0 unspecified atom stereocenters. The van der Waals surface area contributed by atoms with Gasteiger partial charge in [0.1, 0.15) is 0 Å². The molecule has 0 spiro atoms. The lowest BCUT2D eigenvalue weighted by Gasteiger charge is -2.22. The van der Waals surface area contributed by atoms with E-state index in [2.05, 4.69) is 4.98 Å². The number of hydrogen-bond acceptors (Lipinski definition) is 2. The summed E-state index contributed by atoms with van der Waals surface area (Å²) >= 11 is 0. The number of pyridine rings is 1. The van der Waals surface area contributed by atoms with Gasteiger partial charge in [0, 0.05) is 23.7 Å². The summed E-state index contributed by atoms with van der Waals surface area (Å²) < 4.78 is 0. The van der Waals surface area contributed by atoms with Gasteiger partial charge in [-0.1, -0.05) is 24.3 Å². The summed E-state index contributed by atoms with van der Waals surface area (Å²) in [6.45, 7) is 5.81. The predicted molar refractivity (Wildman–Crippen MR) is 97.3 cm³/mol. The van der Waals surface area contributed by atoms with Gasteiger partial charge in [-0.15, -0.1) is 0 Å². The second-order valence-corrected chi connectivity index (χ2v) is 6.08. The molecule has 0 saturated heterocycles. The van der Waals surface area contributed by atoms with Crippen molar-refractivity contribution in [2.45, 2.75) is 27.3 Å². The Bertz CT molecular complexity index is 973. The SMILES string of the molecule is CC(=O)N(Cc1cc2ccccc2[nH]c1=O)c1ccc(C)c(C)c1. The Balaban J connectivity index is 2.02. The van der Waals surface area contributed by atoms with Gasteiger partial charge in [0.15, 0.2) is 0 Å². The number of H-pyrrole nitrogens is 1. The topological polar surface area (TPSA) is 53.2 Å². The Labute approximate surface area is 140 Å². The number of fused-ring (bicyclic) bond motifs is 1. The Morgan fingerprint density at radius 2 is 1.79 bits per heavy atom. The van der Waals surface area contributed by atoms with Gasteiger partial charge in [0.25, 0.3) is 5.56 Å². The van der Waals surface area contributed by atoms with E-state index < -0.39 is 0 Å². The van der Waals surface area contributed by atoms with E-state index in [1.807, 2.05) is 62.4 Å². The lowest BCUT2D eigenvalue weighted by atomic mass is 10.1. The molecule has 4 heteroatoms. The maximum Gasteiger partial charge on any atom is 0.253 e. The summed E-state index contributed by atoms with van der Waals surface area (Å²) in [5.41, 5.74) is 4.30. The van der Waals surface area contributed by atoms with Crippen LogP contribution in [0.2, 0.25) is 0 Å². The van der Waals surface area contributed by atoms with Gasteiger partial charge in [0.2, 0.25) is 5.91 Å². The van der Waals surface area contributed by atoms with Crippen LogP contribution in [0.25, 0.3) is 10.9 Å². The number of carbonyl (C=O) groups is 1. The molecule has 0 saturated carbocycles. The zero-order valence-electron chi connectivity index (χ0n) is 14.1. The fourth-order valence-corrected chi connectivity index (χ4v) is 2.76. The quantitative estimate of drug-likeness (QED) is 0.800. The highest BCUT2D eigenvalue weighted by atomic mass is 16.2. The molecule has 0 fully saturated rings. The molecule has 1 aromatic heterocycles. The number of benzene rings is 2. The molecule has 0 bridgehead atoms. The van der Waals surface area contributed by atoms with Gasteiger partial charge in [-0.05, 0) is 54.6 Å². The average molecular weight is 320 g/mol. The Morgan fingerprint density at radius 3 is 2.50 bits per heavy atom. The van der Waals surface area contributed by atoms with Crippen LogP contribution in [0.5, 0.6) is 0 Å². The minimum Gasteiger partial charge on any atom is -0.322 e. The molecule has 122 valence electrons. The second-order valence-electron chi connectivity index (χ2n) is 6.08. The number of nitrogens with one attached hydrogen (secondary N) is 1. The van der Waals surface area contributed by atoms with Crippen molar-refractivity contribution in [2.75, 3.05) is 4.90 Å². The molecule has 0 aliphatic rings. The van der Waals surface area contributed by atoms with Gasteiger partial charge in [-0.3, -0.25) is 9.59 Å². The second kappa shape index (κ2) is 6.32. The van der Waals surface area contributed by atoms with Gasteiger partial charge in [-0.25, -0.2) is 0 Å². The molecule has 3 rings (SSSR count). The first-order valence-corrected chi connectivity index (χ1v) is 7.92. The van der Waals surface area contributed by atoms with Crippen molar-refractivity contribution >= 4 is 22.5 Å². The molecular formula is C20H20N2O2. The van der Waals surface area contributed by atoms with Crippen molar-refractivity contribution in [3.8, 4) is 0 Å². The van der Waals surface area contributed by atoms with Gasteiger partial charge in [0.05, 0.1) is 6.54 Å². The minimum atomic E-state index is -0.163. The van der Waals surface area contributed by atoms with E-state index in [0.717, 1.165) is 22.2 Å². The molecule has 1 amide bonds. The first-order chi connectivity index (χ1) is 11.5. The van der Waals surface area contributed by atoms with E-state index in [9.17, 15) is 9.59 Å². The van der Waals surface area contributed by atoms with Crippen molar-refractivity contribution in [3.05, 3.63) is 75.6 Å². The fourth-order valence-electron chi connectivity index (χ4n) is 2.76. The first kappa shape index (κ1) is 16.0. The van der Waals surface area contributed by atoms with Crippen LogP contribution < -0.4 is 10.5 Å². The third kappa shape index (κ3) is 3.08. The first-order valence-electron chi connectivity index (χ1n) is 7.92. The fraction of sp³-hybridized carbons (Fsp3) is 0.200. The number of aryl methyl sites for hydroxylation is 2. The molecule has 0 radical (unpaired) electrons. The average Bonchev–Trinajstić information content (AvgIpc) is 2.55. The predicted octanol–water partition coefficient (Wildman–Crippen LogP) is 3.70. The monoisotopic (exact) mass is 320 g/mol. The largest absolute Gasteiger partial charge is 0.322 e. The lowest BCUT2D eigenvalue weighted by Crippen LogP contribution is -2.30. The summed E-state index contributed by atoms with van der Waals surface area (Å²) in [5.74, 6) is -0.0918. The van der Waals surface area contributed by atoms with Crippen LogP contribution in [0.4, 0.5) is 5.69 Å². The van der Waals surface area contributed by atoms with Crippen LogP contribution >= 0.6 is 0 Å². The summed E-state index contributed by atoms with van der Waals surface area (Å²) in [4.78, 5) is 29.0. The van der Waals surface area contributed by atoms with Crippen LogP contribution in [0.15, 0.2) is 53.3 Å². The number of aromatic amines is 1. The number of anilines is 1. The number of carbonyl (C=O) groups excluding carboxylic acids is 1. The molecule has 4 nitrogen and oxygen atoms in total. The number of rotatable bonds is 3. The molecule has 3 aromatic rings. The van der Waals surface area contributed by atoms with Gasteiger partial charge >= 0.3 is 0 Å². The number of amides is 1.